The fraction of sp³-hybridized carbons (Fsp3) is 0.467. The summed E-state index contributed by atoms with van der Waals surface area (Å²) in [5.74, 6) is 6.99. The average Bonchev–Trinajstić information content (AvgIpc) is 2.28. The Hall–Kier alpha value is -1.30. The van der Waals surface area contributed by atoms with Gasteiger partial charge in [0.15, 0.2) is 0 Å². The third-order valence-electron chi connectivity index (χ3n) is 3.14. The van der Waals surface area contributed by atoms with Crippen LogP contribution in [0.5, 0.6) is 0 Å². The molecule has 0 atom stereocenters. The first-order valence-electron chi connectivity index (χ1n) is 6.14. The van der Waals surface area contributed by atoms with Gasteiger partial charge in [-0.1, -0.05) is 30.0 Å². The highest BCUT2D eigenvalue weighted by molar-refractivity contribution is 5.33. The Balaban J connectivity index is 1.73. The highest BCUT2D eigenvalue weighted by atomic mass is 16.3. The summed E-state index contributed by atoms with van der Waals surface area (Å²) in [5.41, 5.74) is 1.07. The molecule has 0 amide bonds. The number of benzene rings is 1. The average molecular weight is 229 g/mol. The van der Waals surface area contributed by atoms with Crippen molar-refractivity contribution < 1.29 is 5.11 Å². The lowest BCUT2D eigenvalue weighted by Gasteiger charge is -2.33. The molecule has 1 aliphatic rings. The summed E-state index contributed by atoms with van der Waals surface area (Å²) in [6.45, 7) is 1.84. The maximum atomic E-state index is 9.21. The lowest BCUT2D eigenvalue weighted by molar-refractivity contribution is 0.0301. The van der Waals surface area contributed by atoms with Gasteiger partial charge in [0.2, 0.25) is 0 Å². The van der Waals surface area contributed by atoms with Crippen molar-refractivity contribution in [1.82, 2.24) is 4.90 Å². The molecule has 1 saturated carbocycles. The van der Waals surface area contributed by atoms with Gasteiger partial charge in [0.05, 0.1) is 12.6 Å². The van der Waals surface area contributed by atoms with Gasteiger partial charge in [-0.15, -0.1) is 0 Å². The zero-order valence-corrected chi connectivity index (χ0v) is 10.3. The normalized spacial score (nSPS) is 22.8. The van der Waals surface area contributed by atoms with Crippen molar-refractivity contribution in [2.45, 2.75) is 18.9 Å². The van der Waals surface area contributed by atoms with Crippen LogP contribution in [0.25, 0.3) is 0 Å². The van der Waals surface area contributed by atoms with E-state index >= 15 is 0 Å². The van der Waals surface area contributed by atoms with Gasteiger partial charge in [-0.25, -0.2) is 0 Å². The van der Waals surface area contributed by atoms with Crippen LogP contribution < -0.4 is 0 Å². The van der Waals surface area contributed by atoms with Crippen LogP contribution in [0.3, 0.4) is 0 Å². The Bertz CT molecular complexity index is 398. The number of aliphatic hydroxyl groups is 1. The van der Waals surface area contributed by atoms with E-state index < -0.39 is 0 Å². The van der Waals surface area contributed by atoms with Gasteiger partial charge in [-0.2, -0.15) is 0 Å². The maximum absolute atomic E-state index is 9.21. The van der Waals surface area contributed by atoms with Crippen molar-refractivity contribution in [2.24, 2.45) is 5.92 Å². The molecule has 2 heteroatoms. The van der Waals surface area contributed by atoms with Gasteiger partial charge in [-0.05, 0) is 37.9 Å². The zero-order valence-electron chi connectivity index (χ0n) is 10.3. The van der Waals surface area contributed by atoms with Gasteiger partial charge in [-0.3, -0.25) is 4.90 Å². The predicted molar refractivity (Wildman–Crippen MR) is 69.5 cm³/mol. The number of aliphatic hydroxyl groups excluding tert-OH is 1. The van der Waals surface area contributed by atoms with E-state index in [2.05, 4.69) is 23.8 Å². The summed E-state index contributed by atoms with van der Waals surface area (Å²) in [4.78, 5) is 2.23. The molecule has 0 bridgehead atoms. The van der Waals surface area contributed by atoms with E-state index in [0.29, 0.717) is 5.92 Å². The molecule has 1 aliphatic carbocycles. The van der Waals surface area contributed by atoms with Crippen molar-refractivity contribution >= 4 is 0 Å². The minimum Gasteiger partial charge on any atom is -0.393 e. The largest absolute Gasteiger partial charge is 0.393 e. The Morgan fingerprint density at radius 2 is 2.00 bits per heavy atom. The number of nitrogens with zero attached hydrogens (tertiary/aromatic N) is 1. The summed E-state index contributed by atoms with van der Waals surface area (Å²) in [6, 6.07) is 10.1. The van der Waals surface area contributed by atoms with E-state index in [1.54, 1.807) is 0 Å². The molecule has 0 spiro atoms. The molecule has 2 nitrogen and oxygen atoms in total. The second kappa shape index (κ2) is 5.86. The SMILES string of the molecule is CN(CC#Cc1ccccc1)CC1CC(O)C1. The fourth-order valence-electron chi connectivity index (χ4n) is 2.15. The predicted octanol–water partition coefficient (Wildman–Crippen LogP) is 1.74. The first-order chi connectivity index (χ1) is 8.24. The molecule has 0 aromatic heterocycles. The number of hydrogen-bond donors (Lipinski definition) is 1. The molecule has 90 valence electrons. The van der Waals surface area contributed by atoms with Crippen LogP contribution in [0, 0.1) is 17.8 Å². The molecular weight excluding hydrogens is 210 g/mol. The van der Waals surface area contributed by atoms with Gasteiger partial charge in [0.25, 0.3) is 0 Å². The molecular formula is C15H19NO. The first-order valence-corrected chi connectivity index (χ1v) is 6.14. The van der Waals surface area contributed by atoms with E-state index in [9.17, 15) is 5.11 Å². The molecule has 2 rings (SSSR count). The van der Waals surface area contributed by atoms with Crippen LogP contribution >= 0.6 is 0 Å². The molecule has 0 saturated heterocycles. The minimum absolute atomic E-state index is 0.0520. The van der Waals surface area contributed by atoms with Crippen LogP contribution in [-0.2, 0) is 0 Å². The van der Waals surface area contributed by atoms with Crippen molar-refractivity contribution in [3.05, 3.63) is 35.9 Å². The highest BCUT2D eigenvalue weighted by Crippen LogP contribution is 2.27. The fourth-order valence-corrected chi connectivity index (χ4v) is 2.15. The van der Waals surface area contributed by atoms with Crippen LogP contribution in [0.1, 0.15) is 18.4 Å². The quantitative estimate of drug-likeness (QED) is 0.798. The van der Waals surface area contributed by atoms with Crippen LogP contribution in [0.15, 0.2) is 30.3 Å². The van der Waals surface area contributed by atoms with Gasteiger partial charge in [0, 0.05) is 12.1 Å². The number of hydrogen-bond acceptors (Lipinski definition) is 2. The van der Waals surface area contributed by atoms with Gasteiger partial charge >= 0.3 is 0 Å². The third kappa shape index (κ3) is 3.89. The van der Waals surface area contributed by atoms with Crippen molar-refractivity contribution in [1.29, 1.82) is 0 Å². The van der Waals surface area contributed by atoms with E-state index in [0.717, 1.165) is 31.5 Å². The molecule has 1 N–H and O–H groups in total. The summed E-state index contributed by atoms with van der Waals surface area (Å²) in [6.07, 6.45) is 1.86. The van der Waals surface area contributed by atoms with Crippen LogP contribution in [-0.4, -0.2) is 36.2 Å². The lowest BCUT2D eigenvalue weighted by atomic mass is 9.82. The van der Waals surface area contributed by atoms with Gasteiger partial charge in [0.1, 0.15) is 0 Å². The van der Waals surface area contributed by atoms with E-state index in [1.165, 1.54) is 0 Å². The molecule has 1 aromatic rings. The molecule has 0 radical (unpaired) electrons. The Kier molecular flexibility index (Phi) is 4.19. The second-order valence-corrected chi connectivity index (χ2v) is 4.86. The van der Waals surface area contributed by atoms with Crippen molar-refractivity contribution in [3.8, 4) is 11.8 Å². The van der Waals surface area contributed by atoms with Crippen LogP contribution in [0.4, 0.5) is 0 Å². The molecule has 0 unspecified atom stereocenters. The summed E-state index contributed by atoms with van der Waals surface area (Å²) < 4.78 is 0. The minimum atomic E-state index is -0.0520. The third-order valence-corrected chi connectivity index (χ3v) is 3.14. The van der Waals surface area contributed by atoms with E-state index in [1.807, 2.05) is 30.3 Å². The van der Waals surface area contributed by atoms with Gasteiger partial charge < -0.3 is 5.11 Å². The highest BCUT2D eigenvalue weighted by Gasteiger charge is 2.27. The number of rotatable bonds is 3. The Labute approximate surface area is 103 Å². The van der Waals surface area contributed by atoms with Crippen LogP contribution in [0.2, 0.25) is 0 Å². The molecule has 17 heavy (non-hydrogen) atoms. The zero-order chi connectivity index (χ0) is 12.1. The summed E-state index contributed by atoms with van der Waals surface area (Å²) >= 11 is 0. The topological polar surface area (TPSA) is 23.5 Å². The summed E-state index contributed by atoms with van der Waals surface area (Å²) in [7, 11) is 2.09. The van der Waals surface area contributed by atoms with Crippen molar-refractivity contribution in [2.75, 3.05) is 20.1 Å². The standard InChI is InChI=1S/C15H19NO/c1-16(12-14-10-15(17)11-14)9-5-8-13-6-3-2-4-7-13/h2-4,6-7,14-15,17H,9-12H2,1H3. The molecule has 1 fully saturated rings. The monoisotopic (exact) mass is 229 g/mol. The lowest BCUT2D eigenvalue weighted by Crippen LogP contribution is -2.37. The first kappa shape index (κ1) is 12.2. The Morgan fingerprint density at radius 3 is 2.65 bits per heavy atom. The Morgan fingerprint density at radius 1 is 1.29 bits per heavy atom. The molecule has 0 heterocycles. The maximum Gasteiger partial charge on any atom is 0.0602 e. The van der Waals surface area contributed by atoms with E-state index in [4.69, 9.17) is 0 Å². The molecule has 0 aliphatic heterocycles. The second-order valence-electron chi connectivity index (χ2n) is 4.86. The summed E-state index contributed by atoms with van der Waals surface area (Å²) in [5, 5.41) is 9.21. The smallest absolute Gasteiger partial charge is 0.0602 e. The van der Waals surface area contributed by atoms with Crippen molar-refractivity contribution in [3.63, 3.8) is 0 Å². The molecule has 1 aromatic carbocycles. The van der Waals surface area contributed by atoms with E-state index in [-0.39, 0.29) is 6.10 Å².